The van der Waals surface area contributed by atoms with E-state index in [4.69, 9.17) is 13.3 Å². The number of hydrogen-bond acceptors (Lipinski definition) is 6. The Morgan fingerprint density at radius 3 is 1.38 bits per heavy atom. The number of allylic oxidation sites excluding steroid dienone is 1. The Morgan fingerprint density at radius 2 is 1.19 bits per heavy atom. The third-order valence-corrected chi connectivity index (χ3v) is 3.69. The molecule has 6 nitrogen and oxygen atoms in total. The van der Waals surface area contributed by atoms with Gasteiger partial charge in [-0.2, -0.15) is 0 Å². The fourth-order valence-electron chi connectivity index (χ4n) is 0.970. The Balaban J connectivity index is 5.09. The standard InChI is InChI=1S/C9H14O6Si/c1-5-6-16(13-7(2)10,14-8(3)11)15-9(4)12/h5-6H,1-4H3. The summed E-state index contributed by atoms with van der Waals surface area (Å²) in [6, 6.07) is 0. The van der Waals surface area contributed by atoms with E-state index >= 15 is 0 Å². The van der Waals surface area contributed by atoms with Crippen LogP contribution in [0.25, 0.3) is 0 Å². The van der Waals surface area contributed by atoms with Gasteiger partial charge >= 0.3 is 8.80 Å². The molecule has 0 bridgehead atoms. The molecule has 16 heavy (non-hydrogen) atoms. The van der Waals surface area contributed by atoms with Crippen molar-refractivity contribution in [1.82, 2.24) is 0 Å². The van der Waals surface area contributed by atoms with Gasteiger partial charge in [0.15, 0.2) is 0 Å². The molecular weight excluding hydrogens is 232 g/mol. The maximum atomic E-state index is 10.9. The second-order valence-electron chi connectivity index (χ2n) is 2.88. The lowest BCUT2D eigenvalue weighted by Crippen LogP contribution is -2.48. The van der Waals surface area contributed by atoms with Gasteiger partial charge in [0.25, 0.3) is 17.9 Å². The molecule has 0 aromatic rings. The Bertz CT molecular complexity index is 281. The van der Waals surface area contributed by atoms with E-state index in [2.05, 4.69) is 0 Å². The molecule has 0 heterocycles. The smallest absolute Gasteiger partial charge is 0.452 e. The monoisotopic (exact) mass is 246 g/mol. The van der Waals surface area contributed by atoms with E-state index in [9.17, 15) is 14.4 Å². The molecule has 0 amide bonds. The van der Waals surface area contributed by atoms with Crippen molar-refractivity contribution in [3.63, 3.8) is 0 Å². The molecule has 0 aromatic carbocycles. The molecule has 0 radical (unpaired) electrons. The van der Waals surface area contributed by atoms with Crippen LogP contribution in [0.5, 0.6) is 0 Å². The molecule has 0 aliphatic rings. The summed E-state index contributed by atoms with van der Waals surface area (Å²) < 4.78 is 14.5. The van der Waals surface area contributed by atoms with Gasteiger partial charge < -0.3 is 13.3 Å². The molecule has 0 aliphatic carbocycles. The van der Waals surface area contributed by atoms with Gasteiger partial charge in [-0.25, -0.2) is 0 Å². The van der Waals surface area contributed by atoms with Crippen LogP contribution in [0.4, 0.5) is 0 Å². The lowest BCUT2D eigenvalue weighted by Gasteiger charge is -2.22. The van der Waals surface area contributed by atoms with Gasteiger partial charge in [0.1, 0.15) is 0 Å². The molecule has 0 N–H and O–H groups in total. The number of hydrogen-bond donors (Lipinski definition) is 0. The molecule has 7 heteroatoms. The highest BCUT2D eigenvalue weighted by Crippen LogP contribution is 2.13. The summed E-state index contributed by atoms with van der Waals surface area (Å²) in [6.45, 7) is 5.03. The molecule has 0 saturated carbocycles. The van der Waals surface area contributed by atoms with Crippen molar-refractivity contribution in [3.8, 4) is 0 Å². The zero-order chi connectivity index (χ0) is 12.8. The lowest BCUT2D eigenvalue weighted by atomic mass is 10.8. The summed E-state index contributed by atoms with van der Waals surface area (Å²) in [7, 11) is -3.71. The van der Waals surface area contributed by atoms with Crippen molar-refractivity contribution in [3.05, 3.63) is 11.8 Å². The lowest BCUT2D eigenvalue weighted by molar-refractivity contribution is -0.146. The van der Waals surface area contributed by atoms with Gasteiger partial charge in [0, 0.05) is 26.5 Å². The highest BCUT2D eigenvalue weighted by atomic mass is 28.4. The summed E-state index contributed by atoms with van der Waals surface area (Å²) in [5.74, 6) is -2.06. The molecule has 0 spiro atoms. The van der Waals surface area contributed by atoms with E-state index in [1.165, 1.54) is 11.8 Å². The van der Waals surface area contributed by atoms with Crippen LogP contribution in [-0.2, 0) is 27.7 Å². The van der Waals surface area contributed by atoms with E-state index in [-0.39, 0.29) is 0 Å². The molecule has 0 saturated heterocycles. The molecule has 90 valence electrons. The Morgan fingerprint density at radius 1 is 0.875 bits per heavy atom. The average molecular weight is 246 g/mol. The van der Waals surface area contributed by atoms with Crippen LogP contribution >= 0.6 is 0 Å². The minimum atomic E-state index is -3.71. The third-order valence-electron chi connectivity index (χ3n) is 1.23. The fraction of sp³-hybridized carbons (Fsp3) is 0.444. The van der Waals surface area contributed by atoms with Gasteiger partial charge in [-0.3, -0.25) is 14.4 Å². The van der Waals surface area contributed by atoms with Crippen molar-refractivity contribution in [2.75, 3.05) is 0 Å². The normalized spacial score (nSPS) is 11.0. The first-order valence-electron chi connectivity index (χ1n) is 4.54. The maximum Gasteiger partial charge on any atom is 0.734 e. The summed E-state index contributed by atoms with van der Waals surface area (Å²) in [6.07, 6.45) is 1.49. The summed E-state index contributed by atoms with van der Waals surface area (Å²) >= 11 is 0. The first-order chi connectivity index (χ1) is 7.31. The Labute approximate surface area is 94.5 Å². The van der Waals surface area contributed by atoms with Crippen molar-refractivity contribution in [1.29, 1.82) is 0 Å². The van der Waals surface area contributed by atoms with E-state index in [1.807, 2.05) is 0 Å². The largest absolute Gasteiger partial charge is 0.734 e. The van der Waals surface area contributed by atoms with Crippen LogP contribution in [0, 0.1) is 0 Å². The maximum absolute atomic E-state index is 10.9. The van der Waals surface area contributed by atoms with Crippen molar-refractivity contribution < 1.29 is 27.7 Å². The second-order valence-corrected chi connectivity index (χ2v) is 5.04. The molecular formula is C9H14O6Si. The van der Waals surface area contributed by atoms with Gasteiger partial charge in [0.2, 0.25) is 0 Å². The minimum absolute atomic E-state index is 0.688. The first kappa shape index (κ1) is 14.4. The van der Waals surface area contributed by atoms with E-state index in [1.54, 1.807) is 6.92 Å². The van der Waals surface area contributed by atoms with E-state index in [0.29, 0.717) is 0 Å². The zero-order valence-corrected chi connectivity index (χ0v) is 10.6. The summed E-state index contributed by atoms with van der Waals surface area (Å²) in [4.78, 5) is 32.7. The predicted octanol–water partition coefficient (Wildman–Crippen LogP) is 0.730. The topological polar surface area (TPSA) is 78.9 Å². The van der Waals surface area contributed by atoms with Crippen LogP contribution in [0.2, 0.25) is 0 Å². The third kappa shape index (κ3) is 5.30. The van der Waals surface area contributed by atoms with Crippen LogP contribution in [0.1, 0.15) is 27.7 Å². The van der Waals surface area contributed by atoms with Crippen molar-refractivity contribution in [2.24, 2.45) is 0 Å². The van der Waals surface area contributed by atoms with Crippen molar-refractivity contribution in [2.45, 2.75) is 27.7 Å². The van der Waals surface area contributed by atoms with Crippen molar-refractivity contribution >= 4 is 26.7 Å². The fourth-order valence-corrected chi connectivity index (χ4v) is 2.91. The SMILES string of the molecule is CC=C[Si](OC(C)=O)(OC(C)=O)OC(C)=O. The highest BCUT2D eigenvalue weighted by molar-refractivity contribution is 6.70. The number of rotatable bonds is 4. The Kier molecular flexibility index (Phi) is 5.44. The zero-order valence-electron chi connectivity index (χ0n) is 9.60. The van der Waals surface area contributed by atoms with Crippen LogP contribution in [-0.4, -0.2) is 26.7 Å². The van der Waals surface area contributed by atoms with Gasteiger partial charge in [-0.15, -0.1) is 0 Å². The summed E-state index contributed by atoms with van der Waals surface area (Å²) in [5.41, 5.74) is 1.29. The average Bonchev–Trinajstić information content (AvgIpc) is 1.98. The molecule has 0 rings (SSSR count). The molecule has 0 fully saturated rings. The molecule has 0 aliphatic heterocycles. The second kappa shape index (κ2) is 6.06. The van der Waals surface area contributed by atoms with Crippen LogP contribution in [0.3, 0.4) is 0 Å². The van der Waals surface area contributed by atoms with Gasteiger partial charge in [-0.1, -0.05) is 6.08 Å². The van der Waals surface area contributed by atoms with Gasteiger partial charge in [-0.05, 0) is 6.92 Å². The quantitative estimate of drug-likeness (QED) is 0.680. The summed E-state index contributed by atoms with van der Waals surface area (Å²) in [5, 5.41) is 0. The van der Waals surface area contributed by atoms with E-state index in [0.717, 1.165) is 20.8 Å². The minimum Gasteiger partial charge on any atom is -0.452 e. The molecule has 0 atom stereocenters. The highest BCUT2D eigenvalue weighted by Gasteiger charge is 2.49. The predicted molar refractivity (Wildman–Crippen MR) is 55.9 cm³/mol. The molecule has 0 unspecified atom stereocenters. The Hall–Kier alpha value is -1.63. The number of carbonyl (C=O) groups is 3. The van der Waals surface area contributed by atoms with E-state index < -0.39 is 26.7 Å². The van der Waals surface area contributed by atoms with Crippen LogP contribution in [0.15, 0.2) is 11.8 Å². The molecule has 0 aromatic heterocycles. The van der Waals surface area contributed by atoms with Crippen LogP contribution < -0.4 is 0 Å². The van der Waals surface area contributed by atoms with Gasteiger partial charge in [0.05, 0.1) is 0 Å². The number of carbonyl (C=O) groups excluding carboxylic acids is 3. The first-order valence-corrected chi connectivity index (χ1v) is 6.34.